The van der Waals surface area contributed by atoms with Crippen LogP contribution in [0.15, 0.2) is 12.1 Å². The van der Waals surface area contributed by atoms with Gasteiger partial charge in [0.2, 0.25) is 5.75 Å². The van der Waals surface area contributed by atoms with Crippen molar-refractivity contribution in [2.75, 3.05) is 12.4 Å². The summed E-state index contributed by atoms with van der Waals surface area (Å²) >= 11 is 3.07. The molecular weight excluding hydrogens is 409 g/mol. The van der Waals surface area contributed by atoms with Gasteiger partial charge in [-0.15, -0.1) is 5.10 Å². The summed E-state index contributed by atoms with van der Waals surface area (Å²) in [5.74, 6) is 0.120. The Morgan fingerprint density at radius 1 is 1.62 bits per heavy atom. The molecule has 0 aliphatic heterocycles. The SMILES string of the molecule is CNc1snnc1COc1c(I)cc(C#N)cc1[N+](=O)[O-]. The van der Waals surface area contributed by atoms with Crippen molar-refractivity contribution in [2.45, 2.75) is 6.61 Å². The maximum atomic E-state index is 11.1. The lowest BCUT2D eigenvalue weighted by atomic mass is 10.2. The van der Waals surface area contributed by atoms with Crippen LogP contribution in [0.5, 0.6) is 5.75 Å². The van der Waals surface area contributed by atoms with Crippen LogP contribution in [-0.4, -0.2) is 21.6 Å². The van der Waals surface area contributed by atoms with Crippen LogP contribution in [-0.2, 0) is 6.61 Å². The fraction of sp³-hybridized carbons (Fsp3) is 0.182. The first-order valence-corrected chi connectivity index (χ1v) is 7.41. The molecule has 0 amide bonds. The molecule has 0 saturated heterocycles. The average molecular weight is 417 g/mol. The highest BCUT2D eigenvalue weighted by Crippen LogP contribution is 2.34. The van der Waals surface area contributed by atoms with Gasteiger partial charge in [-0.25, -0.2) is 0 Å². The van der Waals surface area contributed by atoms with Crippen LogP contribution in [0.25, 0.3) is 0 Å². The van der Waals surface area contributed by atoms with Gasteiger partial charge >= 0.3 is 5.69 Å². The molecule has 0 unspecified atom stereocenters. The number of halogens is 1. The van der Waals surface area contributed by atoms with Gasteiger partial charge in [-0.2, -0.15) is 5.26 Å². The third-order valence-corrected chi connectivity index (χ3v) is 4.07. The minimum absolute atomic E-state index is 0.0510. The Kier molecular flexibility index (Phi) is 4.86. The van der Waals surface area contributed by atoms with Crippen LogP contribution < -0.4 is 10.1 Å². The zero-order chi connectivity index (χ0) is 15.4. The van der Waals surface area contributed by atoms with E-state index in [2.05, 4.69) is 14.9 Å². The maximum Gasteiger partial charge on any atom is 0.313 e. The fourth-order valence-corrected chi connectivity index (χ4v) is 2.84. The Bertz CT molecular complexity index is 727. The average Bonchev–Trinajstić information content (AvgIpc) is 2.92. The Labute approximate surface area is 137 Å². The normalized spacial score (nSPS) is 9.95. The van der Waals surface area contributed by atoms with E-state index in [0.29, 0.717) is 9.26 Å². The molecule has 0 aliphatic rings. The molecule has 1 N–H and O–H groups in total. The van der Waals surface area contributed by atoms with Crippen LogP contribution in [0, 0.1) is 25.0 Å². The van der Waals surface area contributed by atoms with E-state index in [1.165, 1.54) is 23.7 Å². The number of nitro groups is 1. The number of aromatic nitrogens is 2. The van der Waals surface area contributed by atoms with Gasteiger partial charge in [0.05, 0.1) is 20.1 Å². The minimum atomic E-state index is -0.573. The summed E-state index contributed by atoms with van der Waals surface area (Å²) in [5.41, 5.74) is 0.536. The van der Waals surface area contributed by atoms with Gasteiger partial charge in [-0.05, 0) is 28.7 Å². The Hall–Kier alpha value is -2.00. The van der Waals surface area contributed by atoms with Crippen molar-refractivity contribution in [1.82, 2.24) is 9.59 Å². The molecule has 21 heavy (non-hydrogen) atoms. The lowest BCUT2D eigenvalue weighted by Gasteiger charge is -2.08. The summed E-state index contributed by atoms with van der Waals surface area (Å²) in [6.07, 6.45) is 0. The molecule has 1 aromatic heterocycles. The first kappa shape index (κ1) is 15.4. The molecule has 0 bridgehead atoms. The van der Waals surface area contributed by atoms with E-state index in [1.807, 2.05) is 28.7 Å². The predicted octanol–water partition coefficient (Wildman–Crippen LogP) is 2.54. The van der Waals surface area contributed by atoms with Crippen LogP contribution in [0.2, 0.25) is 0 Å². The Morgan fingerprint density at radius 2 is 2.38 bits per heavy atom. The summed E-state index contributed by atoms with van der Waals surface area (Å²) in [6, 6.07) is 4.60. The topological polar surface area (TPSA) is 114 Å². The van der Waals surface area contributed by atoms with Crippen molar-refractivity contribution in [3.8, 4) is 11.8 Å². The number of nitrogens with one attached hydrogen (secondary N) is 1. The number of nitrogens with zero attached hydrogens (tertiary/aromatic N) is 4. The number of ether oxygens (including phenoxy) is 1. The van der Waals surface area contributed by atoms with Crippen molar-refractivity contribution in [1.29, 1.82) is 5.26 Å². The first-order chi connectivity index (χ1) is 10.1. The van der Waals surface area contributed by atoms with Crippen molar-refractivity contribution < 1.29 is 9.66 Å². The van der Waals surface area contributed by atoms with E-state index >= 15 is 0 Å². The van der Waals surface area contributed by atoms with Crippen molar-refractivity contribution in [3.63, 3.8) is 0 Å². The summed E-state index contributed by atoms with van der Waals surface area (Å²) in [6.45, 7) is 0.0510. The van der Waals surface area contributed by atoms with Gasteiger partial charge in [0, 0.05) is 24.6 Å². The predicted molar refractivity (Wildman–Crippen MR) is 84.3 cm³/mol. The van der Waals surface area contributed by atoms with Gasteiger partial charge in [0.25, 0.3) is 0 Å². The van der Waals surface area contributed by atoms with Gasteiger partial charge in [0.1, 0.15) is 17.3 Å². The molecule has 0 spiro atoms. The first-order valence-electron chi connectivity index (χ1n) is 5.56. The fourth-order valence-electron chi connectivity index (χ4n) is 1.56. The van der Waals surface area contributed by atoms with Crippen LogP contribution in [0.1, 0.15) is 11.3 Å². The van der Waals surface area contributed by atoms with Crippen LogP contribution in [0.4, 0.5) is 10.7 Å². The highest BCUT2D eigenvalue weighted by atomic mass is 127. The third kappa shape index (κ3) is 3.37. The van der Waals surface area contributed by atoms with E-state index in [0.717, 1.165) is 5.00 Å². The molecule has 10 heteroatoms. The minimum Gasteiger partial charge on any atom is -0.479 e. The maximum absolute atomic E-state index is 11.1. The monoisotopic (exact) mass is 417 g/mol. The molecule has 0 radical (unpaired) electrons. The molecular formula is C11H8IN5O3S. The Morgan fingerprint density at radius 3 is 3.00 bits per heavy atom. The summed E-state index contributed by atoms with van der Waals surface area (Å²) in [5, 5.41) is 27.5. The van der Waals surface area contributed by atoms with Gasteiger partial charge in [-0.3, -0.25) is 10.1 Å². The molecule has 0 aliphatic carbocycles. The van der Waals surface area contributed by atoms with Gasteiger partial charge < -0.3 is 10.1 Å². The number of rotatable bonds is 5. The second kappa shape index (κ2) is 6.64. The molecule has 2 rings (SSSR count). The summed E-state index contributed by atoms with van der Waals surface area (Å²) < 4.78 is 9.80. The van der Waals surface area contributed by atoms with E-state index in [-0.39, 0.29) is 23.6 Å². The van der Waals surface area contributed by atoms with Gasteiger partial charge in [0.15, 0.2) is 0 Å². The van der Waals surface area contributed by atoms with E-state index in [4.69, 9.17) is 10.00 Å². The standard InChI is InChI=1S/C11H8IN5O3S/c1-14-11-8(15-16-21-11)5-20-10-7(12)2-6(4-13)3-9(10)17(18)19/h2-3,14H,5H2,1H3. The molecule has 8 nitrogen and oxygen atoms in total. The number of anilines is 1. The number of nitro benzene ring substituents is 1. The highest BCUT2D eigenvalue weighted by Gasteiger charge is 2.21. The molecule has 0 saturated carbocycles. The summed E-state index contributed by atoms with van der Waals surface area (Å²) in [7, 11) is 1.73. The number of hydrogen-bond donors (Lipinski definition) is 1. The third-order valence-electron chi connectivity index (χ3n) is 2.49. The molecule has 108 valence electrons. The van der Waals surface area contributed by atoms with E-state index in [9.17, 15) is 10.1 Å². The second-order valence-corrected chi connectivity index (χ2v) is 5.68. The van der Waals surface area contributed by atoms with E-state index in [1.54, 1.807) is 7.05 Å². The summed E-state index contributed by atoms with van der Waals surface area (Å²) in [4.78, 5) is 10.5. The van der Waals surface area contributed by atoms with Crippen molar-refractivity contribution in [2.24, 2.45) is 0 Å². The molecule has 0 atom stereocenters. The van der Waals surface area contributed by atoms with Crippen LogP contribution >= 0.6 is 34.1 Å². The van der Waals surface area contributed by atoms with Gasteiger partial charge in [-0.1, -0.05) is 4.49 Å². The smallest absolute Gasteiger partial charge is 0.313 e. The zero-order valence-corrected chi connectivity index (χ0v) is 13.6. The quantitative estimate of drug-likeness (QED) is 0.452. The van der Waals surface area contributed by atoms with Crippen LogP contribution in [0.3, 0.4) is 0 Å². The highest BCUT2D eigenvalue weighted by molar-refractivity contribution is 14.1. The molecule has 2 aromatic rings. The number of nitriles is 1. The lowest BCUT2D eigenvalue weighted by Crippen LogP contribution is -2.03. The second-order valence-electron chi connectivity index (χ2n) is 3.76. The van der Waals surface area contributed by atoms with Crippen molar-refractivity contribution in [3.05, 3.63) is 37.1 Å². The van der Waals surface area contributed by atoms with Crippen molar-refractivity contribution >= 4 is 44.8 Å². The lowest BCUT2D eigenvalue weighted by molar-refractivity contribution is -0.386. The molecule has 0 fully saturated rings. The molecule has 1 aromatic carbocycles. The number of benzene rings is 1. The van der Waals surface area contributed by atoms with E-state index < -0.39 is 4.92 Å². The number of hydrogen-bond acceptors (Lipinski definition) is 8. The zero-order valence-electron chi connectivity index (χ0n) is 10.7. The largest absolute Gasteiger partial charge is 0.479 e. The Balaban J connectivity index is 2.31. The molecule has 1 heterocycles.